The molecule has 0 fully saturated rings. The maximum Gasteiger partial charge on any atom is 0.220 e. The molecule has 2 heterocycles. The fourth-order valence-corrected chi connectivity index (χ4v) is 3.42. The summed E-state index contributed by atoms with van der Waals surface area (Å²) in [4.78, 5) is 12.1. The summed E-state index contributed by atoms with van der Waals surface area (Å²) in [6.45, 7) is 9.07. The van der Waals surface area contributed by atoms with Crippen LogP contribution < -0.4 is 5.32 Å². The monoisotopic (exact) mass is 366 g/mol. The molecule has 1 N–H and O–H groups in total. The second-order valence-electron chi connectivity index (χ2n) is 6.79. The minimum atomic E-state index is 0.0276. The molecule has 1 amide bonds. The van der Waals surface area contributed by atoms with Gasteiger partial charge in [-0.15, -0.1) is 0 Å². The molecule has 1 aromatic carbocycles. The Morgan fingerprint density at radius 3 is 2.52 bits per heavy atom. The fraction of sp³-hybridized carbons (Fsp3) is 0.381. The molecule has 0 aliphatic rings. The van der Waals surface area contributed by atoms with E-state index in [1.165, 1.54) is 11.1 Å². The number of nitrogens with one attached hydrogen (secondary N) is 1. The summed E-state index contributed by atoms with van der Waals surface area (Å²) in [5, 5.41) is 11.5. The molecule has 0 unspecified atom stereocenters. The van der Waals surface area contributed by atoms with Crippen molar-refractivity contribution in [1.82, 2.24) is 20.3 Å². The number of carbonyl (C=O) groups excluding carboxylic acids is 1. The number of aromatic nitrogens is 3. The van der Waals surface area contributed by atoms with Gasteiger partial charge in [-0.05, 0) is 39.7 Å². The molecule has 2 aromatic heterocycles. The lowest BCUT2D eigenvalue weighted by Crippen LogP contribution is -2.28. The highest BCUT2D eigenvalue weighted by Crippen LogP contribution is 2.26. The van der Waals surface area contributed by atoms with Gasteiger partial charge >= 0.3 is 0 Å². The molecular weight excluding hydrogens is 340 g/mol. The third-order valence-corrected chi connectivity index (χ3v) is 4.87. The minimum absolute atomic E-state index is 0.0276. The summed E-state index contributed by atoms with van der Waals surface area (Å²) in [5.41, 5.74) is 6.34. The van der Waals surface area contributed by atoms with E-state index in [9.17, 15) is 4.79 Å². The van der Waals surface area contributed by atoms with Crippen LogP contribution in [0.25, 0.3) is 11.1 Å². The van der Waals surface area contributed by atoms with Gasteiger partial charge in [0.25, 0.3) is 0 Å². The maximum absolute atomic E-state index is 12.1. The number of aryl methyl sites for hydroxylation is 3. The molecule has 3 rings (SSSR count). The zero-order valence-electron chi connectivity index (χ0n) is 16.4. The minimum Gasteiger partial charge on any atom is -0.361 e. The van der Waals surface area contributed by atoms with E-state index in [-0.39, 0.29) is 5.91 Å². The molecule has 0 aliphatic heterocycles. The van der Waals surface area contributed by atoms with Gasteiger partial charge in [0.15, 0.2) is 0 Å². The van der Waals surface area contributed by atoms with Gasteiger partial charge in [-0.25, -0.2) is 0 Å². The van der Waals surface area contributed by atoms with Gasteiger partial charge in [0.1, 0.15) is 5.76 Å². The van der Waals surface area contributed by atoms with Crippen LogP contribution in [0.15, 0.2) is 34.9 Å². The van der Waals surface area contributed by atoms with Crippen LogP contribution in [0.5, 0.6) is 0 Å². The second kappa shape index (κ2) is 8.20. The van der Waals surface area contributed by atoms with Gasteiger partial charge in [-0.3, -0.25) is 9.48 Å². The Bertz CT molecular complexity index is 906. The van der Waals surface area contributed by atoms with Crippen molar-refractivity contribution in [1.29, 1.82) is 0 Å². The number of nitrogens with zero attached hydrogens (tertiary/aromatic N) is 3. The third-order valence-electron chi connectivity index (χ3n) is 4.87. The van der Waals surface area contributed by atoms with Crippen molar-refractivity contribution in [2.45, 2.75) is 47.1 Å². The Morgan fingerprint density at radius 1 is 1.11 bits per heavy atom. The van der Waals surface area contributed by atoms with Crippen LogP contribution >= 0.6 is 0 Å². The van der Waals surface area contributed by atoms with E-state index in [2.05, 4.69) is 34.6 Å². The van der Waals surface area contributed by atoms with Crippen molar-refractivity contribution >= 4 is 5.91 Å². The first kappa shape index (κ1) is 18.9. The Hall–Kier alpha value is -2.89. The topological polar surface area (TPSA) is 73.0 Å². The third kappa shape index (κ3) is 4.27. The predicted molar refractivity (Wildman–Crippen MR) is 104 cm³/mol. The van der Waals surface area contributed by atoms with E-state index < -0.39 is 0 Å². The molecular formula is C21H26N4O2. The normalized spacial score (nSPS) is 11.0. The molecule has 3 aromatic rings. The summed E-state index contributed by atoms with van der Waals surface area (Å²) in [6, 6.07) is 10.3. The Morgan fingerprint density at radius 2 is 1.85 bits per heavy atom. The largest absolute Gasteiger partial charge is 0.361 e. The quantitative estimate of drug-likeness (QED) is 0.694. The van der Waals surface area contributed by atoms with Gasteiger partial charge in [-0.2, -0.15) is 5.10 Å². The molecule has 0 spiro atoms. The van der Waals surface area contributed by atoms with Gasteiger partial charge < -0.3 is 9.84 Å². The van der Waals surface area contributed by atoms with Crippen molar-refractivity contribution in [3.05, 3.63) is 58.7 Å². The average molecular weight is 366 g/mol. The number of amides is 1. The number of hydrogen-bond donors (Lipinski definition) is 1. The zero-order valence-corrected chi connectivity index (χ0v) is 16.4. The lowest BCUT2D eigenvalue weighted by Gasteiger charge is -2.08. The van der Waals surface area contributed by atoms with E-state index in [0.29, 0.717) is 25.9 Å². The molecule has 6 heteroatoms. The summed E-state index contributed by atoms with van der Waals surface area (Å²) < 4.78 is 7.10. The predicted octanol–water partition coefficient (Wildman–Crippen LogP) is 3.52. The highest BCUT2D eigenvalue weighted by Gasteiger charge is 2.14. The first-order valence-electron chi connectivity index (χ1n) is 9.25. The van der Waals surface area contributed by atoms with Crippen LogP contribution in [0.2, 0.25) is 0 Å². The van der Waals surface area contributed by atoms with Crippen LogP contribution in [-0.2, 0) is 17.8 Å². The highest BCUT2D eigenvalue weighted by molar-refractivity contribution is 5.76. The molecule has 142 valence electrons. The van der Waals surface area contributed by atoms with Gasteiger partial charge in [0.2, 0.25) is 5.91 Å². The van der Waals surface area contributed by atoms with E-state index in [1.54, 1.807) is 0 Å². The molecule has 0 atom stereocenters. The average Bonchev–Trinajstić information content (AvgIpc) is 3.12. The van der Waals surface area contributed by atoms with Crippen molar-refractivity contribution < 1.29 is 9.32 Å². The summed E-state index contributed by atoms with van der Waals surface area (Å²) in [6.07, 6.45) is 1.07. The summed E-state index contributed by atoms with van der Waals surface area (Å²) in [7, 11) is 0. The van der Waals surface area contributed by atoms with Crippen molar-refractivity contribution in [3.63, 3.8) is 0 Å². The standard InChI is InChI=1S/C21H26N4O2/c1-14-19(17(4)27-24-14)10-11-20(26)22-12-13-25-16(3)21(15(2)23-25)18-8-6-5-7-9-18/h5-9H,10-13H2,1-4H3,(H,22,26). The van der Waals surface area contributed by atoms with Crippen molar-refractivity contribution in [2.24, 2.45) is 0 Å². The fourth-order valence-electron chi connectivity index (χ4n) is 3.42. The highest BCUT2D eigenvalue weighted by atomic mass is 16.5. The van der Waals surface area contributed by atoms with E-state index in [0.717, 1.165) is 28.4 Å². The first-order chi connectivity index (χ1) is 13.0. The smallest absolute Gasteiger partial charge is 0.220 e. The first-order valence-corrected chi connectivity index (χ1v) is 9.25. The van der Waals surface area contributed by atoms with E-state index >= 15 is 0 Å². The number of carbonyl (C=O) groups is 1. The Labute approximate surface area is 159 Å². The van der Waals surface area contributed by atoms with E-state index in [4.69, 9.17) is 4.52 Å². The maximum atomic E-state index is 12.1. The van der Waals surface area contributed by atoms with Gasteiger partial charge in [-0.1, -0.05) is 35.5 Å². The molecule has 0 saturated carbocycles. The molecule has 0 radical (unpaired) electrons. The van der Waals surface area contributed by atoms with Crippen LogP contribution in [0.1, 0.15) is 34.8 Å². The van der Waals surface area contributed by atoms with Crippen LogP contribution in [0, 0.1) is 27.7 Å². The number of benzene rings is 1. The molecule has 27 heavy (non-hydrogen) atoms. The molecule has 0 saturated heterocycles. The van der Waals surface area contributed by atoms with Crippen LogP contribution in [0.3, 0.4) is 0 Å². The SMILES string of the molecule is Cc1noc(C)c1CCC(=O)NCCn1nc(C)c(-c2ccccc2)c1C. The lowest BCUT2D eigenvalue weighted by molar-refractivity contribution is -0.121. The van der Waals surface area contributed by atoms with E-state index in [1.807, 2.05) is 43.7 Å². The number of hydrogen-bond acceptors (Lipinski definition) is 4. The molecule has 0 aliphatic carbocycles. The summed E-state index contributed by atoms with van der Waals surface area (Å²) >= 11 is 0. The van der Waals surface area contributed by atoms with Crippen molar-refractivity contribution in [3.8, 4) is 11.1 Å². The van der Waals surface area contributed by atoms with Gasteiger partial charge in [0.05, 0.1) is 17.9 Å². The molecule has 0 bridgehead atoms. The van der Waals surface area contributed by atoms with Crippen LogP contribution in [-0.4, -0.2) is 27.4 Å². The van der Waals surface area contributed by atoms with Gasteiger partial charge in [0, 0.05) is 29.8 Å². The van der Waals surface area contributed by atoms with Crippen molar-refractivity contribution in [2.75, 3.05) is 6.54 Å². The lowest BCUT2D eigenvalue weighted by atomic mass is 10.0. The second-order valence-corrected chi connectivity index (χ2v) is 6.79. The Balaban J connectivity index is 1.54. The molecule has 6 nitrogen and oxygen atoms in total. The summed E-state index contributed by atoms with van der Waals surface area (Å²) in [5.74, 6) is 0.816. The van der Waals surface area contributed by atoms with Crippen LogP contribution in [0.4, 0.5) is 0 Å². The zero-order chi connectivity index (χ0) is 19.4. The Kier molecular flexibility index (Phi) is 5.74. The number of rotatable bonds is 7.